The summed E-state index contributed by atoms with van der Waals surface area (Å²) in [6, 6.07) is 0. The maximum Gasteiger partial charge on any atom is 0.0468 e. The highest BCUT2D eigenvalue weighted by Gasteiger charge is 2.11. The SMILES string of the molecule is CCCCC1CCOCC1.[HH].[HH]. The van der Waals surface area contributed by atoms with Crippen LogP contribution in [0.25, 0.3) is 0 Å². The fourth-order valence-electron chi connectivity index (χ4n) is 1.53. The predicted octanol–water partition coefficient (Wildman–Crippen LogP) is 3.10. The molecule has 1 fully saturated rings. The molecule has 1 heterocycles. The van der Waals surface area contributed by atoms with Gasteiger partial charge in [-0.05, 0) is 18.8 Å². The molecule has 64 valence electrons. The third kappa shape index (κ3) is 2.70. The van der Waals surface area contributed by atoms with E-state index in [1.807, 2.05) is 0 Å². The summed E-state index contributed by atoms with van der Waals surface area (Å²) in [5.74, 6) is 0.980. The van der Waals surface area contributed by atoms with Crippen molar-refractivity contribution in [2.24, 2.45) is 5.92 Å². The zero-order valence-electron chi connectivity index (χ0n) is 6.94. The molecular formula is C9H22O. The van der Waals surface area contributed by atoms with Gasteiger partial charge in [-0.2, -0.15) is 0 Å². The standard InChI is InChI=1S/C9H18O.2H2/c1-2-3-4-9-5-7-10-8-6-9;;/h9H,2-8H2,1H3;2*1H. The smallest absolute Gasteiger partial charge is 0.0468 e. The first-order valence-corrected chi connectivity index (χ1v) is 4.51. The largest absolute Gasteiger partial charge is 0.381 e. The van der Waals surface area contributed by atoms with Crippen LogP contribution in [0.2, 0.25) is 0 Å². The molecule has 10 heavy (non-hydrogen) atoms. The van der Waals surface area contributed by atoms with E-state index in [0.717, 1.165) is 19.1 Å². The average molecular weight is 146 g/mol. The number of ether oxygens (including phenoxy) is 1. The molecule has 0 aliphatic carbocycles. The lowest BCUT2D eigenvalue weighted by Gasteiger charge is -2.21. The number of unbranched alkanes of at least 4 members (excludes halogenated alkanes) is 1. The number of rotatable bonds is 3. The summed E-state index contributed by atoms with van der Waals surface area (Å²) < 4.78 is 5.28. The topological polar surface area (TPSA) is 9.23 Å². The molecule has 1 saturated heterocycles. The van der Waals surface area contributed by atoms with E-state index < -0.39 is 0 Å². The first-order valence-electron chi connectivity index (χ1n) is 4.51. The molecule has 0 saturated carbocycles. The summed E-state index contributed by atoms with van der Waals surface area (Å²) in [5, 5.41) is 0. The van der Waals surface area contributed by atoms with E-state index in [2.05, 4.69) is 6.92 Å². The van der Waals surface area contributed by atoms with Crippen LogP contribution in [0.1, 0.15) is 41.9 Å². The maximum absolute atomic E-state index is 5.28. The highest BCUT2D eigenvalue weighted by Crippen LogP contribution is 2.20. The monoisotopic (exact) mass is 146 g/mol. The molecule has 1 aliphatic rings. The molecule has 0 amide bonds. The van der Waals surface area contributed by atoms with Crippen molar-refractivity contribution in [1.82, 2.24) is 0 Å². The number of hydrogen-bond donors (Lipinski definition) is 0. The fourth-order valence-corrected chi connectivity index (χ4v) is 1.53. The summed E-state index contributed by atoms with van der Waals surface area (Å²) in [6.45, 7) is 4.28. The zero-order valence-corrected chi connectivity index (χ0v) is 6.94. The first-order chi connectivity index (χ1) is 4.93. The summed E-state index contributed by atoms with van der Waals surface area (Å²) >= 11 is 0. The molecular weight excluding hydrogens is 124 g/mol. The molecule has 0 bridgehead atoms. The van der Waals surface area contributed by atoms with Gasteiger partial charge in [-0.1, -0.05) is 26.2 Å². The highest BCUT2D eigenvalue weighted by atomic mass is 16.5. The van der Waals surface area contributed by atoms with Gasteiger partial charge in [-0.3, -0.25) is 0 Å². The van der Waals surface area contributed by atoms with Crippen LogP contribution >= 0.6 is 0 Å². The molecule has 0 aromatic carbocycles. The lowest BCUT2D eigenvalue weighted by Crippen LogP contribution is -2.15. The van der Waals surface area contributed by atoms with Crippen LogP contribution in [0.15, 0.2) is 0 Å². The molecule has 0 unspecified atom stereocenters. The Labute approximate surface area is 66.7 Å². The van der Waals surface area contributed by atoms with Crippen molar-refractivity contribution < 1.29 is 7.59 Å². The van der Waals surface area contributed by atoms with E-state index in [4.69, 9.17) is 4.74 Å². The van der Waals surface area contributed by atoms with E-state index in [0.29, 0.717) is 0 Å². The van der Waals surface area contributed by atoms with Gasteiger partial charge in [0.25, 0.3) is 0 Å². The van der Waals surface area contributed by atoms with Gasteiger partial charge >= 0.3 is 0 Å². The average Bonchev–Trinajstić information content (AvgIpc) is 2.03. The van der Waals surface area contributed by atoms with Gasteiger partial charge < -0.3 is 4.74 Å². The van der Waals surface area contributed by atoms with Crippen LogP contribution in [-0.2, 0) is 4.74 Å². The van der Waals surface area contributed by atoms with Gasteiger partial charge in [0.05, 0.1) is 0 Å². The minimum Gasteiger partial charge on any atom is -0.381 e. The van der Waals surface area contributed by atoms with Gasteiger partial charge in [0, 0.05) is 16.1 Å². The Morgan fingerprint density at radius 1 is 1.40 bits per heavy atom. The fraction of sp³-hybridized carbons (Fsp3) is 1.00. The molecule has 0 N–H and O–H groups in total. The molecule has 0 spiro atoms. The van der Waals surface area contributed by atoms with Crippen molar-refractivity contribution in [2.45, 2.75) is 39.0 Å². The molecule has 0 atom stereocenters. The Morgan fingerprint density at radius 3 is 2.70 bits per heavy atom. The number of hydrogen-bond acceptors (Lipinski definition) is 1. The van der Waals surface area contributed by atoms with E-state index in [-0.39, 0.29) is 2.85 Å². The normalized spacial score (nSPS) is 21.3. The molecule has 1 heteroatoms. The van der Waals surface area contributed by atoms with Gasteiger partial charge in [0.2, 0.25) is 0 Å². The Morgan fingerprint density at radius 2 is 2.10 bits per heavy atom. The second-order valence-corrected chi connectivity index (χ2v) is 3.20. The van der Waals surface area contributed by atoms with Crippen molar-refractivity contribution in [3.8, 4) is 0 Å². The minimum atomic E-state index is 0. The van der Waals surface area contributed by atoms with Crippen molar-refractivity contribution in [3.05, 3.63) is 0 Å². The summed E-state index contributed by atoms with van der Waals surface area (Å²) in [7, 11) is 0. The van der Waals surface area contributed by atoms with E-state index >= 15 is 0 Å². The third-order valence-electron chi connectivity index (χ3n) is 2.31. The van der Waals surface area contributed by atoms with E-state index in [1.165, 1.54) is 32.1 Å². The van der Waals surface area contributed by atoms with Crippen LogP contribution in [0, 0.1) is 5.92 Å². The Kier molecular flexibility index (Phi) is 3.81. The first kappa shape index (κ1) is 8.06. The molecule has 0 aromatic rings. The lowest BCUT2D eigenvalue weighted by molar-refractivity contribution is 0.0633. The van der Waals surface area contributed by atoms with Crippen LogP contribution in [0.5, 0.6) is 0 Å². The molecule has 1 nitrogen and oxygen atoms in total. The van der Waals surface area contributed by atoms with Gasteiger partial charge in [0.15, 0.2) is 0 Å². The van der Waals surface area contributed by atoms with Gasteiger partial charge in [0.1, 0.15) is 0 Å². The molecule has 0 radical (unpaired) electrons. The predicted molar refractivity (Wildman–Crippen MR) is 47.3 cm³/mol. The van der Waals surface area contributed by atoms with Gasteiger partial charge in [-0.25, -0.2) is 0 Å². The molecule has 0 aromatic heterocycles. The van der Waals surface area contributed by atoms with Crippen LogP contribution < -0.4 is 0 Å². The zero-order chi connectivity index (χ0) is 7.23. The summed E-state index contributed by atoms with van der Waals surface area (Å²) in [6.07, 6.45) is 6.79. The molecule has 1 aliphatic heterocycles. The van der Waals surface area contributed by atoms with Crippen LogP contribution in [-0.4, -0.2) is 13.2 Å². The maximum atomic E-state index is 5.28. The Hall–Kier alpha value is -0.0400. The van der Waals surface area contributed by atoms with E-state index in [1.54, 1.807) is 0 Å². The van der Waals surface area contributed by atoms with Crippen LogP contribution in [0.4, 0.5) is 0 Å². The highest BCUT2D eigenvalue weighted by molar-refractivity contribution is 4.62. The second kappa shape index (κ2) is 4.73. The van der Waals surface area contributed by atoms with Crippen molar-refractivity contribution in [2.75, 3.05) is 13.2 Å². The summed E-state index contributed by atoms with van der Waals surface area (Å²) in [4.78, 5) is 0. The lowest BCUT2D eigenvalue weighted by atomic mass is 9.94. The second-order valence-electron chi connectivity index (χ2n) is 3.20. The quantitative estimate of drug-likeness (QED) is 0.594. The Bertz CT molecular complexity index is 82.6. The van der Waals surface area contributed by atoms with Crippen LogP contribution in [0.3, 0.4) is 0 Å². The van der Waals surface area contributed by atoms with Crippen molar-refractivity contribution in [1.29, 1.82) is 0 Å². The minimum absolute atomic E-state index is 0. The van der Waals surface area contributed by atoms with Gasteiger partial charge in [-0.15, -0.1) is 0 Å². The van der Waals surface area contributed by atoms with E-state index in [9.17, 15) is 0 Å². The van der Waals surface area contributed by atoms with Crippen molar-refractivity contribution >= 4 is 0 Å². The molecule has 1 rings (SSSR count). The third-order valence-corrected chi connectivity index (χ3v) is 2.31. The Balaban J connectivity index is 0. The van der Waals surface area contributed by atoms with Crippen molar-refractivity contribution in [3.63, 3.8) is 0 Å². The summed E-state index contributed by atoms with van der Waals surface area (Å²) in [5.41, 5.74) is 0.